The number of pyridine rings is 1. The largest absolute Gasteiger partial charge is 0.355 e. The molecular weight excluding hydrogens is 240 g/mol. The van der Waals surface area contributed by atoms with Crippen molar-refractivity contribution in [2.75, 3.05) is 6.54 Å². The summed E-state index contributed by atoms with van der Waals surface area (Å²) in [5.74, 6) is 0.109. The molecule has 2 aromatic rings. The summed E-state index contributed by atoms with van der Waals surface area (Å²) in [4.78, 5) is 16.2. The number of carbonyl (C=O) groups is 1. The predicted octanol–water partition coefficient (Wildman–Crippen LogP) is 1.01. The average molecular weight is 258 g/mol. The van der Waals surface area contributed by atoms with Crippen molar-refractivity contribution < 1.29 is 4.79 Å². The smallest absolute Gasteiger partial charge is 0.237 e. The van der Waals surface area contributed by atoms with Crippen molar-refractivity contribution in [2.45, 2.75) is 32.4 Å². The monoisotopic (exact) mass is 258 g/mol. The van der Waals surface area contributed by atoms with Gasteiger partial charge in [-0.25, -0.2) is 4.98 Å². The lowest BCUT2D eigenvalue weighted by molar-refractivity contribution is -0.124. The van der Waals surface area contributed by atoms with E-state index in [1.54, 1.807) is 0 Å². The van der Waals surface area contributed by atoms with Gasteiger partial charge in [-0.15, -0.1) is 0 Å². The van der Waals surface area contributed by atoms with Gasteiger partial charge in [-0.05, 0) is 31.9 Å². The summed E-state index contributed by atoms with van der Waals surface area (Å²) in [6.07, 6.45) is 3.95. The first-order valence-electron chi connectivity index (χ1n) is 6.69. The van der Waals surface area contributed by atoms with Crippen LogP contribution in [0.4, 0.5) is 0 Å². The van der Waals surface area contributed by atoms with Crippen LogP contribution in [0, 0.1) is 6.92 Å². The topological polar surface area (TPSA) is 58.4 Å². The van der Waals surface area contributed by atoms with Crippen molar-refractivity contribution in [2.24, 2.45) is 0 Å². The van der Waals surface area contributed by atoms with Gasteiger partial charge in [-0.2, -0.15) is 0 Å². The molecule has 0 saturated carbocycles. The second-order valence-corrected chi connectivity index (χ2v) is 4.94. The maximum Gasteiger partial charge on any atom is 0.237 e. The number of amides is 1. The first-order chi connectivity index (χ1) is 9.25. The molecule has 19 heavy (non-hydrogen) atoms. The molecule has 0 radical (unpaired) electrons. The summed E-state index contributed by atoms with van der Waals surface area (Å²) < 4.78 is 2.07. The van der Waals surface area contributed by atoms with Gasteiger partial charge in [0.05, 0.1) is 17.4 Å². The molecule has 1 amide bonds. The number of hydrogen-bond donors (Lipinski definition) is 2. The summed E-state index contributed by atoms with van der Waals surface area (Å²) in [6.45, 7) is 3.46. The zero-order valence-electron chi connectivity index (χ0n) is 11.0. The van der Waals surface area contributed by atoms with Crippen LogP contribution in [0.5, 0.6) is 0 Å². The number of imidazole rings is 1. The van der Waals surface area contributed by atoms with Crippen LogP contribution in [0.3, 0.4) is 0 Å². The molecule has 1 saturated heterocycles. The van der Waals surface area contributed by atoms with E-state index in [1.807, 2.05) is 31.3 Å². The zero-order valence-corrected chi connectivity index (χ0v) is 11.0. The Morgan fingerprint density at radius 1 is 1.53 bits per heavy atom. The standard InChI is InChI=1S/C14H18N4O/c1-10-12(18-8-3-2-6-13(18)17-10)9-16-11-5-4-7-15-14(11)19/h2-3,6,8,11,16H,4-5,7,9H2,1H3,(H,15,19). The maximum atomic E-state index is 11.7. The Balaban J connectivity index is 1.78. The molecule has 0 spiro atoms. The number of nitrogens with one attached hydrogen (secondary N) is 2. The van der Waals surface area contributed by atoms with Crippen molar-refractivity contribution in [1.29, 1.82) is 0 Å². The van der Waals surface area contributed by atoms with Gasteiger partial charge in [-0.3, -0.25) is 4.79 Å². The van der Waals surface area contributed by atoms with E-state index in [0.717, 1.165) is 36.4 Å². The van der Waals surface area contributed by atoms with Gasteiger partial charge in [-0.1, -0.05) is 6.07 Å². The molecule has 0 bridgehead atoms. The van der Waals surface area contributed by atoms with Gasteiger partial charge in [0.1, 0.15) is 5.65 Å². The van der Waals surface area contributed by atoms with E-state index in [9.17, 15) is 4.79 Å². The highest BCUT2D eigenvalue weighted by atomic mass is 16.2. The molecule has 1 atom stereocenters. The number of aryl methyl sites for hydroxylation is 1. The number of piperidine rings is 1. The molecule has 0 aromatic carbocycles. The predicted molar refractivity (Wildman–Crippen MR) is 72.8 cm³/mol. The molecule has 1 aliphatic heterocycles. The van der Waals surface area contributed by atoms with Crippen LogP contribution in [-0.2, 0) is 11.3 Å². The molecule has 1 unspecified atom stereocenters. The molecule has 1 fully saturated rings. The molecule has 2 N–H and O–H groups in total. The number of rotatable bonds is 3. The summed E-state index contributed by atoms with van der Waals surface area (Å²) in [5.41, 5.74) is 3.08. The van der Waals surface area contributed by atoms with E-state index in [2.05, 4.69) is 20.0 Å². The zero-order chi connectivity index (χ0) is 13.2. The molecule has 1 aliphatic rings. The Hall–Kier alpha value is -1.88. The van der Waals surface area contributed by atoms with Gasteiger partial charge in [0, 0.05) is 19.3 Å². The van der Waals surface area contributed by atoms with Crippen LogP contribution in [0.2, 0.25) is 0 Å². The highest BCUT2D eigenvalue weighted by Crippen LogP contribution is 2.12. The van der Waals surface area contributed by atoms with Gasteiger partial charge in [0.25, 0.3) is 0 Å². The number of aromatic nitrogens is 2. The highest BCUT2D eigenvalue weighted by Gasteiger charge is 2.21. The second kappa shape index (κ2) is 5.01. The quantitative estimate of drug-likeness (QED) is 0.864. The van der Waals surface area contributed by atoms with Crippen LogP contribution in [0.1, 0.15) is 24.2 Å². The van der Waals surface area contributed by atoms with Crippen molar-refractivity contribution in [3.63, 3.8) is 0 Å². The Kier molecular flexibility index (Phi) is 3.21. The Bertz CT molecular complexity index is 605. The fourth-order valence-corrected chi connectivity index (χ4v) is 2.56. The van der Waals surface area contributed by atoms with Crippen molar-refractivity contribution in [3.05, 3.63) is 35.8 Å². The van der Waals surface area contributed by atoms with E-state index in [1.165, 1.54) is 0 Å². The van der Waals surface area contributed by atoms with E-state index >= 15 is 0 Å². The third-order valence-corrected chi connectivity index (χ3v) is 3.63. The second-order valence-electron chi connectivity index (χ2n) is 4.94. The van der Waals surface area contributed by atoms with E-state index < -0.39 is 0 Å². The first kappa shape index (κ1) is 12.2. The van der Waals surface area contributed by atoms with E-state index in [4.69, 9.17) is 0 Å². The molecule has 5 nitrogen and oxygen atoms in total. The SMILES string of the molecule is Cc1nc2ccccn2c1CNC1CCCNC1=O. The molecule has 3 rings (SSSR count). The van der Waals surface area contributed by atoms with Crippen molar-refractivity contribution in [1.82, 2.24) is 20.0 Å². The van der Waals surface area contributed by atoms with Gasteiger partial charge >= 0.3 is 0 Å². The van der Waals surface area contributed by atoms with Crippen LogP contribution >= 0.6 is 0 Å². The fraction of sp³-hybridized carbons (Fsp3) is 0.429. The Morgan fingerprint density at radius 3 is 3.26 bits per heavy atom. The Labute approximate surface area is 112 Å². The molecule has 3 heterocycles. The molecule has 2 aromatic heterocycles. The summed E-state index contributed by atoms with van der Waals surface area (Å²) in [5, 5.41) is 6.22. The number of fused-ring (bicyclic) bond motifs is 1. The number of carbonyl (C=O) groups excluding carboxylic acids is 1. The molecular formula is C14H18N4O. The molecule has 0 aliphatic carbocycles. The lowest BCUT2D eigenvalue weighted by atomic mass is 10.1. The third-order valence-electron chi connectivity index (χ3n) is 3.63. The minimum Gasteiger partial charge on any atom is -0.355 e. The average Bonchev–Trinajstić information content (AvgIpc) is 2.74. The highest BCUT2D eigenvalue weighted by molar-refractivity contribution is 5.82. The summed E-state index contributed by atoms with van der Waals surface area (Å²) in [7, 11) is 0. The summed E-state index contributed by atoms with van der Waals surface area (Å²) in [6, 6.07) is 5.88. The minimum absolute atomic E-state index is 0.0811. The Morgan fingerprint density at radius 2 is 2.42 bits per heavy atom. The van der Waals surface area contributed by atoms with Crippen LogP contribution < -0.4 is 10.6 Å². The van der Waals surface area contributed by atoms with E-state index in [-0.39, 0.29) is 11.9 Å². The normalized spacial score (nSPS) is 19.6. The van der Waals surface area contributed by atoms with Gasteiger partial charge in [0.2, 0.25) is 5.91 Å². The first-order valence-corrected chi connectivity index (χ1v) is 6.69. The van der Waals surface area contributed by atoms with Crippen LogP contribution in [0.25, 0.3) is 5.65 Å². The number of nitrogens with zero attached hydrogens (tertiary/aromatic N) is 2. The van der Waals surface area contributed by atoms with Gasteiger partial charge in [0.15, 0.2) is 0 Å². The van der Waals surface area contributed by atoms with Gasteiger partial charge < -0.3 is 15.0 Å². The minimum atomic E-state index is -0.0811. The van der Waals surface area contributed by atoms with Crippen molar-refractivity contribution in [3.8, 4) is 0 Å². The van der Waals surface area contributed by atoms with Crippen LogP contribution in [-0.4, -0.2) is 27.9 Å². The number of hydrogen-bond acceptors (Lipinski definition) is 3. The lowest BCUT2D eigenvalue weighted by Crippen LogP contribution is -2.48. The fourth-order valence-electron chi connectivity index (χ4n) is 2.56. The maximum absolute atomic E-state index is 11.7. The van der Waals surface area contributed by atoms with Crippen LogP contribution in [0.15, 0.2) is 24.4 Å². The summed E-state index contributed by atoms with van der Waals surface area (Å²) >= 11 is 0. The van der Waals surface area contributed by atoms with Crippen molar-refractivity contribution >= 4 is 11.6 Å². The van der Waals surface area contributed by atoms with E-state index in [0.29, 0.717) is 6.54 Å². The molecule has 5 heteroatoms. The third kappa shape index (κ3) is 2.33. The lowest BCUT2D eigenvalue weighted by Gasteiger charge is -2.22. The molecule has 100 valence electrons.